The molecule has 1 fully saturated rings. The molecule has 0 spiro atoms. The average Bonchev–Trinajstić information content (AvgIpc) is 2.77. The van der Waals surface area contributed by atoms with Gasteiger partial charge in [-0.15, -0.1) is 0 Å². The van der Waals surface area contributed by atoms with E-state index in [1.54, 1.807) is 0 Å². The van der Waals surface area contributed by atoms with E-state index in [2.05, 4.69) is 24.4 Å². The van der Waals surface area contributed by atoms with E-state index in [1.165, 1.54) is 12.0 Å². The van der Waals surface area contributed by atoms with Crippen LogP contribution in [0.25, 0.3) is 0 Å². The van der Waals surface area contributed by atoms with E-state index in [-0.39, 0.29) is 11.6 Å². The molecule has 2 unspecified atom stereocenters. The second-order valence-corrected chi connectivity index (χ2v) is 5.05. The summed E-state index contributed by atoms with van der Waals surface area (Å²) in [6, 6.07) is 10.3. The van der Waals surface area contributed by atoms with Crippen LogP contribution in [0.4, 0.5) is 0 Å². The van der Waals surface area contributed by atoms with Crippen molar-refractivity contribution in [2.45, 2.75) is 31.4 Å². The van der Waals surface area contributed by atoms with Crippen molar-refractivity contribution in [2.24, 2.45) is 5.73 Å². The maximum atomic E-state index is 6.12. The van der Waals surface area contributed by atoms with Crippen LogP contribution in [0.5, 0.6) is 0 Å². The fraction of sp³-hybridized carbons (Fsp3) is 0.571. The van der Waals surface area contributed by atoms with Crippen LogP contribution >= 0.6 is 0 Å². The summed E-state index contributed by atoms with van der Waals surface area (Å²) in [5.41, 5.74) is 7.31. The highest BCUT2D eigenvalue weighted by Crippen LogP contribution is 2.23. The average molecular weight is 234 g/mol. The molecule has 3 N–H and O–H groups in total. The van der Waals surface area contributed by atoms with Gasteiger partial charge in [0.2, 0.25) is 0 Å². The second-order valence-electron chi connectivity index (χ2n) is 5.05. The van der Waals surface area contributed by atoms with Crippen LogP contribution in [0, 0.1) is 0 Å². The first-order valence-corrected chi connectivity index (χ1v) is 6.35. The van der Waals surface area contributed by atoms with Crippen LogP contribution in [0.1, 0.15) is 31.4 Å². The molecule has 0 aliphatic carbocycles. The van der Waals surface area contributed by atoms with Gasteiger partial charge in [-0.25, -0.2) is 0 Å². The molecule has 1 aromatic rings. The molecular formula is C14H22N2O. The quantitative estimate of drug-likeness (QED) is 0.817. The minimum atomic E-state index is 0.0103. The Morgan fingerprint density at radius 3 is 2.82 bits per heavy atom. The number of ether oxygens (including phenoxy) is 1. The Morgan fingerprint density at radius 2 is 2.18 bits per heavy atom. The standard InChI is InChI=1S/C14H22N2O/c1-14(8-5-9-17-14)11-16-10-13(15)12-6-3-2-4-7-12/h2-4,6-7,13,16H,5,8-11,15H2,1H3. The SMILES string of the molecule is CC1(CNCC(N)c2ccccc2)CCCO1. The number of hydrogen-bond donors (Lipinski definition) is 2. The van der Waals surface area contributed by atoms with Gasteiger partial charge in [-0.05, 0) is 25.3 Å². The minimum Gasteiger partial charge on any atom is -0.374 e. The molecule has 1 aliphatic rings. The summed E-state index contributed by atoms with van der Waals surface area (Å²) in [7, 11) is 0. The Morgan fingerprint density at radius 1 is 1.41 bits per heavy atom. The molecule has 0 saturated carbocycles. The Labute approximate surface area is 103 Å². The lowest BCUT2D eigenvalue weighted by atomic mass is 10.0. The molecular weight excluding hydrogens is 212 g/mol. The van der Waals surface area contributed by atoms with E-state index in [9.17, 15) is 0 Å². The molecule has 0 radical (unpaired) electrons. The molecule has 0 aromatic heterocycles. The highest BCUT2D eigenvalue weighted by atomic mass is 16.5. The number of benzene rings is 1. The normalized spacial score (nSPS) is 26.0. The summed E-state index contributed by atoms with van der Waals surface area (Å²) in [5, 5.41) is 3.42. The van der Waals surface area contributed by atoms with Crippen molar-refractivity contribution in [1.82, 2.24) is 5.32 Å². The third kappa shape index (κ3) is 3.53. The molecule has 1 heterocycles. The van der Waals surface area contributed by atoms with Crippen LogP contribution in [-0.4, -0.2) is 25.3 Å². The Balaban J connectivity index is 1.75. The third-order valence-electron chi connectivity index (χ3n) is 3.39. The first-order chi connectivity index (χ1) is 8.20. The van der Waals surface area contributed by atoms with Gasteiger partial charge in [-0.3, -0.25) is 0 Å². The van der Waals surface area contributed by atoms with Gasteiger partial charge in [0, 0.05) is 25.7 Å². The predicted octanol–water partition coefficient (Wildman–Crippen LogP) is 1.85. The van der Waals surface area contributed by atoms with Crippen molar-refractivity contribution in [3.8, 4) is 0 Å². The van der Waals surface area contributed by atoms with Crippen LogP contribution in [-0.2, 0) is 4.74 Å². The van der Waals surface area contributed by atoms with E-state index in [1.807, 2.05) is 18.2 Å². The maximum absolute atomic E-state index is 6.12. The first kappa shape index (κ1) is 12.6. The molecule has 1 saturated heterocycles. The third-order valence-corrected chi connectivity index (χ3v) is 3.39. The minimum absolute atomic E-state index is 0.0103. The highest BCUT2D eigenvalue weighted by molar-refractivity contribution is 5.18. The summed E-state index contributed by atoms with van der Waals surface area (Å²) < 4.78 is 5.72. The van der Waals surface area contributed by atoms with E-state index in [0.29, 0.717) is 0 Å². The van der Waals surface area contributed by atoms with Crippen LogP contribution in [0.3, 0.4) is 0 Å². The van der Waals surface area contributed by atoms with Gasteiger partial charge in [0.15, 0.2) is 0 Å². The molecule has 94 valence electrons. The zero-order valence-electron chi connectivity index (χ0n) is 10.5. The van der Waals surface area contributed by atoms with Gasteiger partial charge in [0.25, 0.3) is 0 Å². The molecule has 2 rings (SSSR count). The van der Waals surface area contributed by atoms with Gasteiger partial charge < -0.3 is 15.8 Å². The molecule has 1 aromatic carbocycles. The Hall–Kier alpha value is -0.900. The van der Waals surface area contributed by atoms with Crippen LogP contribution in [0.2, 0.25) is 0 Å². The topological polar surface area (TPSA) is 47.3 Å². The van der Waals surface area contributed by atoms with E-state index < -0.39 is 0 Å². The maximum Gasteiger partial charge on any atom is 0.0779 e. The van der Waals surface area contributed by atoms with Gasteiger partial charge in [0.05, 0.1) is 5.60 Å². The Kier molecular flexibility index (Phi) is 4.15. The monoisotopic (exact) mass is 234 g/mol. The molecule has 2 atom stereocenters. The van der Waals surface area contributed by atoms with Crippen LogP contribution in [0.15, 0.2) is 30.3 Å². The lowest BCUT2D eigenvalue weighted by Crippen LogP contribution is -2.40. The lowest BCUT2D eigenvalue weighted by Gasteiger charge is -2.24. The summed E-state index contributed by atoms with van der Waals surface area (Å²) in [6.45, 7) is 4.74. The lowest BCUT2D eigenvalue weighted by molar-refractivity contribution is 0.0208. The highest BCUT2D eigenvalue weighted by Gasteiger charge is 2.29. The molecule has 1 aliphatic heterocycles. The molecule has 3 nitrogen and oxygen atoms in total. The predicted molar refractivity (Wildman–Crippen MR) is 69.8 cm³/mol. The molecule has 0 amide bonds. The van der Waals surface area contributed by atoms with Crippen molar-refractivity contribution in [1.29, 1.82) is 0 Å². The molecule has 0 bridgehead atoms. The fourth-order valence-electron chi connectivity index (χ4n) is 2.29. The second kappa shape index (κ2) is 5.63. The number of nitrogens with two attached hydrogens (primary N) is 1. The van der Waals surface area contributed by atoms with Crippen LogP contribution < -0.4 is 11.1 Å². The van der Waals surface area contributed by atoms with E-state index in [0.717, 1.165) is 26.1 Å². The largest absolute Gasteiger partial charge is 0.374 e. The smallest absolute Gasteiger partial charge is 0.0779 e. The fourth-order valence-corrected chi connectivity index (χ4v) is 2.29. The number of rotatable bonds is 5. The first-order valence-electron chi connectivity index (χ1n) is 6.35. The van der Waals surface area contributed by atoms with Gasteiger partial charge >= 0.3 is 0 Å². The van der Waals surface area contributed by atoms with Crippen molar-refractivity contribution in [3.05, 3.63) is 35.9 Å². The van der Waals surface area contributed by atoms with E-state index in [4.69, 9.17) is 10.5 Å². The van der Waals surface area contributed by atoms with Gasteiger partial charge in [0.1, 0.15) is 0 Å². The van der Waals surface area contributed by atoms with Crippen molar-refractivity contribution in [2.75, 3.05) is 19.7 Å². The Bertz CT molecular complexity index is 333. The van der Waals surface area contributed by atoms with Gasteiger partial charge in [-0.1, -0.05) is 30.3 Å². The molecule has 3 heteroatoms. The summed E-state index contributed by atoms with van der Waals surface area (Å²) in [6.07, 6.45) is 2.31. The van der Waals surface area contributed by atoms with E-state index >= 15 is 0 Å². The van der Waals surface area contributed by atoms with Crippen molar-refractivity contribution in [3.63, 3.8) is 0 Å². The zero-order valence-corrected chi connectivity index (χ0v) is 10.5. The summed E-state index contributed by atoms with van der Waals surface area (Å²) in [5.74, 6) is 0. The summed E-state index contributed by atoms with van der Waals surface area (Å²) in [4.78, 5) is 0. The van der Waals surface area contributed by atoms with Crippen molar-refractivity contribution >= 4 is 0 Å². The zero-order chi connectivity index (χ0) is 12.1. The summed E-state index contributed by atoms with van der Waals surface area (Å²) >= 11 is 0. The number of nitrogens with one attached hydrogen (secondary N) is 1. The molecule has 17 heavy (non-hydrogen) atoms. The number of hydrogen-bond acceptors (Lipinski definition) is 3. The van der Waals surface area contributed by atoms with Gasteiger partial charge in [-0.2, -0.15) is 0 Å². The van der Waals surface area contributed by atoms with Crippen molar-refractivity contribution < 1.29 is 4.74 Å².